The van der Waals surface area contributed by atoms with Crippen molar-refractivity contribution in [2.75, 3.05) is 32.7 Å². The average molecular weight is 434 g/mol. The van der Waals surface area contributed by atoms with Gasteiger partial charge in [-0.25, -0.2) is 8.42 Å². The average Bonchev–Trinajstić information content (AvgIpc) is 3.37. The lowest BCUT2D eigenvalue weighted by Gasteiger charge is -2.36. The van der Waals surface area contributed by atoms with E-state index in [9.17, 15) is 18.0 Å². The van der Waals surface area contributed by atoms with Gasteiger partial charge in [-0.3, -0.25) is 19.4 Å². The van der Waals surface area contributed by atoms with Gasteiger partial charge in [-0.1, -0.05) is 36.4 Å². The summed E-state index contributed by atoms with van der Waals surface area (Å²) in [7, 11) is -3.48. The van der Waals surface area contributed by atoms with Crippen LogP contribution in [0.1, 0.15) is 12.0 Å². The van der Waals surface area contributed by atoms with Crippen LogP contribution >= 0.6 is 11.3 Å². The molecule has 0 N–H and O–H groups in total. The van der Waals surface area contributed by atoms with Gasteiger partial charge >= 0.3 is 0 Å². The minimum atomic E-state index is -3.48. The van der Waals surface area contributed by atoms with Crippen LogP contribution in [0.5, 0.6) is 0 Å². The van der Waals surface area contributed by atoms with Crippen LogP contribution in [0.3, 0.4) is 0 Å². The molecule has 7 nitrogen and oxygen atoms in total. The van der Waals surface area contributed by atoms with Crippen molar-refractivity contribution in [3.8, 4) is 0 Å². The number of hydrogen-bond acceptors (Lipinski definition) is 6. The smallest absolute Gasteiger partial charge is 0.252 e. The van der Waals surface area contributed by atoms with Crippen LogP contribution in [0.15, 0.2) is 52.1 Å². The van der Waals surface area contributed by atoms with E-state index in [0.717, 1.165) is 5.56 Å². The molecule has 0 bridgehead atoms. The van der Waals surface area contributed by atoms with Gasteiger partial charge in [-0.2, -0.15) is 4.31 Å². The maximum Gasteiger partial charge on any atom is 0.252 e. The van der Waals surface area contributed by atoms with Crippen LogP contribution in [0, 0.1) is 0 Å². The Morgan fingerprint density at radius 3 is 2.34 bits per heavy atom. The van der Waals surface area contributed by atoms with Crippen molar-refractivity contribution in [1.29, 1.82) is 0 Å². The molecule has 3 heterocycles. The third-order valence-corrected chi connectivity index (χ3v) is 8.76. The molecule has 2 fully saturated rings. The van der Waals surface area contributed by atoms with E-state index in [1.807, 2.05) is 35.2 Å². The van der Waals surface area contributed by atoms with E-state index >= 15 is 0 Å². The molecule has 29 heavy (non-hydrogen) atoms. The first-order valence-electron chi connectivity index (χ1n) is 9.62. The fourth-order valence-corrected chi connectivity index (χ4v) is 6.43. The Morgan fingerprint density at radius 2 is 1.69 bits per heavy atom. The Bertz CT molecular complexity index is 968. The Morgan fingerprint density at radius 1 is 0.966 bits per heavy atom. The Labute approximate surface area is 174 Å². The van der Waals surface area contributed by atoms with Crippen molar-refractivity contribution < 1.29 is 18.0 Å². The fourth-order valence-electron chi connectivity index (χ4n) is 3.86. The molecule has 9 heteroatoms. The first kappa shape index (κ1) is 20.2. The maximum atomic E-state index is 12.8. The number of carbonyl (C=O) groups is 2. The van der Waals surface area contributed by atoms with E-state index in [0.29, 0.717) is 43.4 Å². The molecule has 0 radical (unpaired) electrons. The summed E-state index contributed by atoms with van der Waals surface area (Å²) in [5.41, 5.74) is 1.09. The zero-order valence-electron chi connectivity index (χ0n) is 15.9. The third-order valence-electron chi connectivity index (χ3n) is 5.49. The molecule has 2 aliphatic heterocycles. The van der Waals surface area contributed by atoms with Gasteiger partial charge in [0.15, 0.2) is 0 Å². The van der Waals surface area contributed by atoms with Crippen LogP contribution < -0.4 is 0 Å². The standard InChI is InChI=1S/C20H23N3O4S2/c24-18-15-17(20(25)23(18)9-8-16-5-2-1-3-6-16)21-10-12-22(13-11-21)29(26,27)19-7-4-14-28-19/h1-7,14,17H,8-13,15H2/t17-/m0/s1. The zero-order chi connectivity index (χ0) is 20.4. The van der Waals surface area contributed by atoms with Crippen molar-refractivity contribution in [2.45, 2.75) is 23.1 Å². The highest BCUT2D eigenvalue weighted by atomic mass is 32.2. The number of hydrogen-bond donors (Lipinski definition) is 0. The number of carbonyl (C=O) groups excluding carboxylic acids is 2. The minimum Gasteiger partial charge on any atom is -0.289 e. The van der Waals surface area contributed by atoms with E-state index in [1.165, 1.54) is 20.5 Å². The third kappa shape index (κ3) is 4.13. The number of rotatable bonds is 6. The first-order valence-corrected chi connectivity index (χ1v) is 11.9. The second-order valence-electron chi connectivity index (χ2n) is 7.21. The Hall–Kier alpha value is -2.07. The molecule has 154 valence electrons. The predicted molar refractivity (Wildman–Crippen MR) is 110 cm³/mol. The van der Waals surface area contributed by atoms with Crippen LogP contribution in [0.25, 0.3) is 0 Å². The highest BCUT2D eigenvalue weighted by Crippen LogP contribution is 2.25. The molecule has 4 rings (SSSR count). The van der Waals surface area contributed by atoms with Crippen LogP contribution in [0.4, 0.5) is 0 Å². The normalized spacial score (nSPS) is 21.8. The minimum absolute atomic E-state index is 0.149. The van der Waals surface area contributed by atoms with E-state index < -0.39 is 16.1 Å². The number of sulfonamides is 1. The molecule has 0 aliphatic carbocycles. The number of likely N-dealkylation sites (tertiary alicyclic amines) is 1. The first-order chi connectivity index (χ1) is 14.0. The zero-order valence-corrected chi connectivity index (χ0v) is 17.6. The molecule has 2 aliphatic rings. The number of amides is 2. The molecule has 2 saturated heterocycles. The van der Waals surface area contributed by atoms with E-state index in [2.05, 4.69) is 0 Å². The van der Waals surface area contributed by atoms with Gasteiger partial charge in [-0.05, 0) is 23.4 Å². The molecule has 1 aromatic carbocycles. The van der Waals surface area contributed by atoms with Gasteiger partial charge in [0, 0.05) is 32.7 Å². The fraction of sp³-hybridized carbons (Fsp3) is 0.400. The molecule has 2 amide bonds. The maximum absolute atomic E-state index is 12.8. The van der Waals surface area contributed by atoms with Gasteiger partial charge in [0.2, 0.25) is 11.8 Å². The van der Waals surface area contributed by atoms with E-state index in [1.54, 1.807) is 17.5 Å². The highest BCUT2D eigenvalue weighted by Gasteiger charge is 2.43. The summed E-state index contributed by atoms with van der Waals surface area (Å²) in [5.74, 6) is -0.315. The quantitative estimate of drug-likeness (QED) is 0.644. The summed E-state index contributed by atoms with van der Waals surface area (Å²) >= 11 is 1.21. The van der Waals surface area contributed by atoms with Crippen molar-refractivity contribution in [3.63, 3.8) is 0 Å². The van der Waals surface area contributed by atoms with Gasteiger partial charge in [0.05, 0.1) is 12.5 Å². The van der Waals surface area contributed by atoms with Crippen LogP contribution in [0.2, 0.25) is 0 Å². The topological polar surface area (TPSA) is 78.0 Å². The molecule has 2 aromatic rings. The Kier molecular flexibility index (Phi) is 5.82. The molecule has 1 aromatic heterocycles. The summed E-state index contributed by atoms with van der Waals surface area (Å²) in [6.07, 6.45) is 0.809. The highest BCUT2D eigenvalue weighted by molar-refractivity contribution is 7.91. The number of piperazine rings is 1. The predicted octanol–water partition coefficient (Wildman–Crippen LogP) is 1.42. The summed E-state index contributed by atoms with van der Waals surface area (Å²) in [4.78, 5) is 28.5. The largest absolute Gasteiger partial charge is 0.289 e. The lowest BCUT2D eigenvalue weighted by molar-refractivity contribution is -0.139. The van der Waals surface area contributed by atoms with Crippen molar-refractivity contribution >= 4 is 33.2 Å². The summed E-state index contributed by atoms with van der Waals surface area (Å²) < 4.78 is 27.1. The van der Waals surface area contributed by atoms with Gasteiger partial charge in [0.1, 0.15) is 4.21 Å². The number of nitrogens with zero attached hydrogens (tertiary/aromatic N) is 3. The molecule has 0 saturated carbocycles. The molecule has 0 unspecified atom stereocenters. The molecular weight excluding hydrogens is 410 g/mol. The number of imide groups is 1. The monoisotopic (exact) mass is 433 g/mol. The van der Waals surface area contributed by atoms with Gasteiger partial charge in [-0.15, -0.1) is 11.3 Å². The SMILES string of the molecule is O=C1C[C@H](N2CCN(S(=O)(=O)c3cccs3)CC2)C(=O)N1CCc1ccccc1. The van der Waals surface area contributed by atoms with Crippen molar-refractivity contribution in [2.24, 2.45) is 0 Å². The Balaban J connectivity index is 1.35. The number of benzene rings is 1. The molecule has 1 atom stereocenters. The van der Waals surface area contributed by atoms with E-state index in [4.69, 9.17) is 0 Å². The summed E-state index contributed by atoms with van der Waals surface area (Å²) in [6, 6.07) is 12.6. The lowest BCUT2D eigenvalue weighted by atomic mass is 10.1. The number of thiophene rings is 1. The summed E-state index contributed by atoms with van der Waals surface area (Å²) in [6.45, 7) is 1.91. The lowest BCUT2D eigenvalue weighted by Crippen LogP contribution is -2.53. The van der Waals surface area contributed by atoms with Gasteiger partial charge in [0.25, 0.3) is 10.0 Å². The summed E-state index contributed by atoms with van der Waals surface area (Å²) in [5, 5.41) is 1.75. The second kappa shape index (κ2) is 8.35. The van der Waals surface area contributed by atoms with E-state index in [-0.39, 0.29) is 18.2 Å². The van der Waals surface area contributed by atoms with Crippen molar-refractivity contribution in [1.82, 2.24) is 14.1 Å². The van der Waals surface area contributed by atoms with Gasteiger partial charge < -0.3 is 0 Å². The molecule has 0 spiro atoms. The van der Waals surface area contributed by atoms with Crippen LogP contribution in [-0.4, -0.2) is 73.1 Å². The van der Waals surface area contributed by atoms with Crippen molar-refractivity contribution in [3.05, 3.63) is 53.4 Å². The second-order valence-corrected chi connectivity index (χ2v) is 10.3. The van der Waals surface area contributed by atoms with Crippen LogP contribution in [-0.2, 0) is 26.0 Å². The molecular formula is C20H23N3O4S2.